The molecule has 0 aromatic heterocycles. The molecule has 0 aliphatic heterocycles. The first kappa shape index (κ1) is 12.9. The number of nitrogens with zero attached hydrogens (tertiary/aromatic N) is 1. The van der Waals surface area contributed by atoms with E-state index in [0.29, 0.717) is 0 Å². The maximum atomic E-state index is 9.07. The van der Waals surface area contributed by atoms with Crippen molar-refractivity contribution in [3.8, 4) is 0 Å². The fourth-order valence-electron chi connectivity index (χ4n) is 1.23. The second kappa shape index (κ2) is 6.35. The average molecular weight is 188 g/mol. The third-order valence-corrected chi connectivity index (χ3v) is 2.77. The summed E-state index contributed by atoms with van der Waals surface area (Å²) in [4.78, 5) is 2.26. The molecule has 0 bridgehead atoms. The summed E-state index contributed by atoms with van der Waals surface area (Å²) >= 11 is 0. The third kappa shape index (κ3) is 5.24. The first-order valence-corrected chi connectivity index (χ1v) is 5.16. The SMILES string of the molecule is CCN(C)CCCC(N)(CC)CO. The van der Waals surface area contributed by atoms with Crippen molar-refractivity contribution >= 4 is 0 Å². The molecule has 0 aromatic rings. The predicted molar refractivity (Wildman–Crippen MR) is 56.7 cm³/mol. The molecule has 3 nitrogen and oxygen atoms in total. The molecule has 3 N–H and O–H groups in total. The molecule has 0 aromatic carbocycles. The largest absolute Gasteiger partial charge is 0.394 e. The fourth-order valence-corrected chi connectivity index (χ4v) is 1.23. The topological polar surface area (TPSA) is 49.5 Å². The molecule has 0 radical (unpaired) electrons. The molecule has 0 saturated carbocycles. The maximum Gasteiger partial charge on any atom is 0.0611 e. The Bertz CT molecular complexity index is 124. The minimum atomic E-state index is -0.353. The van der Waals surface area contributed by atoms with Crippen molar-refractivity contribution in [1.82, 2.24) is 4.90 Å². The Hall–Kier alpha value is -0.120. The van der Waals surface area contributed by atoms with Crippen molar-refractivity contribution in [3.63, 3.8) is 0 Å². The standard InChI is InChI=1S/C10H24N2O/c1-4-10(11,9-13)7-6-8-12(3)5-2/h13H,4-9,11H2,1-3H3. The summed E-state index contributed by atoms with van der Waals surface area (Å²) in [5.41, 5.74) is 5.60. The van der Waals surface area contributed by atoms with Crippen LogP contribution in [0.15, 0.2) is 0 Å². The predicted octanol–water partition coefficient (Wildman–Crippen LogP) is 0.818. The van der Waals surface area contributed by atoms with Gasteiger partial charge in [-0.2, -0.15) is 0 Å². The van der Waals surface area contributed by atoms with Gasteiger partial charge in [-0.25, -0.2) is 0 Å². The van der Waals surface area contributed by atoms with Gasteiger partial charge in [-0.1, -0.05) is 13.8 Å². The second-order valence-electron chi connectivity index (χ2n) is 3.87. The van der Waals surface area contributed by atoms with E-state index in [0.717, 1.165) is 32.4 Å². The Labute approximate surface area is 81.9 Å². The van der Waals surface area contributed by atoms with Crippen LogP contribution in [0.5, 0.6) is 0 Å². The van der Waals surface area contributed by atoms with Gasteiger partial charge in [0.25, 0.3) is 0 Å². The summed E-state index contributed by atoms with van der Waals surface area (Å²) in [7, 11) is 2.10. The van der Waals surface area contributed by atoms with Gasteiger partial charge in [-0.05, 0) is 39.4 Å². The Morgan fingerprint density at radius 2 is 2.00 bits per heavy atom. The second-order valence-corrected chi connectivity index (χ2v) is 3.87. The lowest BCUT2D eigenvalue weighted by Crippen LogP contribution is -2.43. The van der Waals surface area contributed by atoms with E-state index >= 15 is 0 Å². The Morgan fingerprint density at radius 1 is 1.38 bits per heavy atom. The molecule has 1 unspecified atom stereocenters. The Morgan fingerprint density at radius 3 is 2.38 bits per heavy atom. The number of hydrogen-bond donors (Lipinski definition) is 2. The van der Waals surface area contributed by atoms with Gasteiger partial charge in [0.1, 0.15) is 0 Å². The van der Waals surface area contributed by atoms with Gasteiger partial charge in [-0.15, -0.1) is 0 Å². The number of hydrogen-bond acceptors (Lipinski definition) is 3. The number of nitrogens with two attached hydrogens (primary N) is 1. The minimum absolute atomic E-state index is 0.0966. The lowest BCUT2D eigenvalue weighted by atomic mass is 9.93. The van der Waals surface area contributed by atoms with Crippen molar-refractivity contribution in [1.29, 1.82) is 0 Å². The first-order chi connectivity index (χ1) is 6.08. The van der Waals surface area contributed by atoms with Gasteiger partial charge in [0, 0.05) is 5.54 Å². The fraction of sp³-hybridized carbons (Fsp3) is 1.00. The molecule has 1 atom stereocenters. The zero-order valence-electron chi connectivity index (χ0n) is 9.21. The summed E-state index contributed by atoms with van der Waals surface area (Å²) in [5, 5.41) is 9.07. The smallest absolute Gasteiger partial charge is 0.0611 e. The van der Waals surface area contributed by atoms with Crippen molar-refractivity contribution in [3.05, 3.63) is 0 Å². The molecule has 13 heavy (non-hydrogen) atoms. The normalized spacial score (nSPS) is 16.2. The molecule has 0 aliphatic rings. The number of aliphatic hydroxyl groups excluding tert-OH is 1. The van der Waals surface area contributed by atoms with Crippen molar-refractivity contribution in [2.45, 2.75) is 38.6 Å². The van der Waals surface area contributed by atoms with Crippen molar-refractivity contribution in [2.24, 2.45) is 5.73 Å². The minimum Gasteiger partial charge on any atom is -0.394 e. The quantitative estimate of drug-likeness (QED) is 0.622. The highest BCUT2D eigenvalue weighted by Crippen LogP contribution is 2.13. The molecule has 0 spiro atoms. The Balaban J connectivity index is 3.61. The molecule has 0 fully saturated rings. The number of rotatable bonds is 7. The van der Waals surface area contributed by atoms with Gasteiger partial charge in [0.15, 0.2) is 0 Å². The molecular weight excluding hydrogens is 164 g/mol. The monoisotopic (exact) mass is 188 g/mol. The maximum absolute atomic E-state index is 9.07. The summed E-state index contributed by atoms with van der Waals surface area (Å²) in [6.45, 7) is 6.40. The zero-order valence-corrected chi connectivity index (χ0v) is 9.21. The van der Waals surface area contributed by atoms with Crippen LogP contribution in [-0.2, 0) is 0 Å². The van der Waals surface area contributed by atoms with Crippen LogP contribution in [-0.4, -0.2) is 42.3 Å². The van der Waals surface area contributed by atoms with E-state index < -0.39 is 0 Å². The van der Waals surface area contributed by atoms with Crippen LogP contribution in [0.4, 0.5) is 0 Å². The average Bonchev–Trinajstić information content (AvgIpc) is 2.17. The molecule has 0 amide bonds. The van der Waals surface area contributed by atoms with Crippen molar-refractivity contribution in [2.75, 3.05) is 26.7 Å². The zero-order chi connectivity index (χ0) is 10.3. The molecule has 0 heterocycles. The van der Waals surface area contributed by atoms with E-state index in [1.807, 2.05) is 6.92 Å². The highest BCUT2D eigenvalue weighted by Gasteiger charge is 2.20. The molecular formula is C10H24N2O. The molecule has 0 saturated heterocycles. The van der Waals surface area contributed by atoms with Gasteiger partial charge in [-0.3, -0.25) is 0 Å². The van der Waals surface area contributed by atoms with E-state index in [-0.39, 0.29) is 12.1 Å². The van der Waals surface area contributed by atoms with Crippen LogP contribution in [0, 0.1) is 0 Å². The van der Waals surface area contributed by atoms with E-state index in [4.69, 9.17) is 10.8 Å². The molecule has 3 heteroatoms. The highest BCUT2D eigenvalue weighted by molar-refractivity contribution is 4.81. The first-order valence-electron chi connectivity index (χ1n) is 5.16. The van der Waals surface area contributed by atoms with Gasteiger partial charge >= 0.3 is 0 Å². The summed E-state index contributed by atoms with van der Waals surface area (Å²) < 4.78 is 0. The van der Waals surface area contributed by atoms with Crippen LogP contribution < -0.4 is 5.73 Å². The lowest BCUT2D eigenvalue weighted by Gasteiger charge is -2.26. The summed E-state index contributed by atoms with van der Waals surface area (Å²) in [6.07, 6.45) is 2.82. The highest BCUT2D eigenvalue weighted by atomic mass is 16.3. The van der Waals surface area contributed by atoms with Crippen LogP contribution >= 0.6 is 0 Å². The van der Waals surface area contributed by atoms with E-state index in [2.05, 4.69) is 18.9 Å². The Kier molecular flexibility index (Phi) is 6.29. The van der Waals surface area contributed by atoms with Gasteiger partial charge in [0.05, 0.1) is 6.61 Å². The lowest BCUT2D eigenvalue weighted by molar-refractivity contribution is 0.175. The van der Waals surface area contributed by atoms with Gasteiger partial charge < -0.3 is 15.7 Å². The van der Waals surface area contributed by atoms with E-state index in [9.17, 15) is 0 Å². The molecule has 0 rings (SSSR count). The van der Waals surface area contributed by atoms with E-state index in [1.165, 1.54) is 0 Å². The van der Waals surface area contributed by atoms with Crippen LogP contribution in [0.3, 0.4) is 0 Å². The third-order valence-electron chi connectivity index (χ3n) is 2.77. The van der Waals surface area contributed by atoms with E-state index in [1.54, 1.807) is 0 Å². The molecule has 80 valence electrons. The molecule has 0 aliphatic carbocycles. The summed E-state index contributed by atoms with van der Waals surface area (Å²) in [5.74, 6) is 0. The van der Waals surface area contributed by atoms with Gasteiger partial charge in [0.2, 0.25) is 0 Å². The van der Waals surface area contributed by atoms with Crippen LogP contribution in [0.1, 0.15) is 33.1 Å². The number of aliphatic hydroxyl groups is 1. The summed E-state index contributed by atoms with van der Waals surface area (Å²) in [6, 6.07) is 0. The van der Waals surface area contributed by atoms with Crippen LogP contribution in [0.25, 0.3) is 0 Å². The van der Waals surface area contributed by atoms with Crippen LogP contribution in [0.2, 0.25) is 0 Å². The van der Waals surface area contributed by atoms with Crippen molar-refractivity contribution < 1.29 is 5.11 Å².